The van der Waals surface area contributed by atoms with Crippen molar-refractivity contribution in [3.8, 4) is 11.5 Å². The van der Waals surface area contributed by atoms with Gasteiger partial charge in [0.25, 0.3) is 5.91 Å². The molecular formula is C27H22Cl2N4O5S3. The van der Waals surface area contributed by atoms with E-state index in [4.69, 9.17) is 32.7 Å². The summed E-state index contributed by atoms with van der Waals surface area (Å²) in [7, 11) is 2.95. The third-order valence-electron chi connectivity index (χ3n) is 6.26. The Bertz CT molecular complexity index is 1700. The van der Waals surface area contributed by atoms with E-state index < -0.39 is 23.5 Å². The molecule has 2 aromatic carbocycles. The fraction of sp³-hybridized carbons (Fsp3) is 0.222. The summed E-state index contributed by atoms with van der Waals surface area (Å²) in [5.41, 5.74) is 1.70. The number of thiazole rings is 1. The van der Waals surface area contributed by atoms with Gasteiger partial charge in [0.2, 0.25) is 10.9 Å². The number of carbonyl (C=O) groups excluding carboxylic acids is 2. The summed E-state index contributed by atoms with van der Waals surface area (Å²) in [6.45, 7) is 3.50. The molecule has 0 fully saturated rings. The minimum Gasteiger partial charge on any atom is -0.503 e. The maximum atomic E-state index is 13.9. The van der Waals surface area contributed by atoms with E-state index in [9.17, 15) is 14.7 Å². The number of rotatable bonds is 9. The first-order chi connectivity index (χ1) is 19.6. The Morgan fingerprint density at radius 3 is 2.56 bits per heavy atom. The maximum Gasteiger partial charge on any atom is 0.296 e. The average molecular weight is 650 g/mol. The Labute approximate surface area is 257 Å². The number of nitrogens with zero attached hydrogens (tertiary/aromatic N) is 4. The van der Waals surface area contributed by atoms with Gasteiger partial charge in [-0.3, -0.25) is 14.5 Å². The van der Waals surface area contributed by atoms with Crippen LogP contribution in [0.4, 0.5) is 5.13 Å². The fourth-order valence-corrected chi connectivity index (χ4v) is 7.76. The molecule has 1 atom stereocenters. The second-order valence-corrected chi connectivity index (χ2v) is 13.0. The summed E-state index contributed by atoms with van der Waals surface area (Å²) in [5.74, 6) is -0.764. The van der Waals surface area contributed by atoms with E-state index >= 15 is 0 Å². The van der Waals surface area contributed by atoms with Crippen molar-refractivity contribution in [2.24, 2.45) is 0 Å². The molecule has 0 bridgehead atoms. The van der Waals surface area contributed by atoms with E-state index in [0.717, 1.165) is 16.9 Å². The van der Waals surface area contributed by atoms with Crippen molar-refractivity contribution in [1.29, 1.82) is 0 Å². The highest BCUT2D eigenvalue weighted by molar-refractivity contribution is 8.00. The number of amides is 1. The van der Waals surface area contributed by atoms with Crippen LogP contribution in [-0.4, -0.2) is 46.2 Å². The SMILES string of the molecule is COc1cccc(C2C(C(=O)c3sc(C)nc3C)=C(O)C(=O)N2c2nnc(SCc3ccc(Cl)cc3Cl)s2)c1OC. The van der Waals surface area contributed by atoms with E-state index in [2.05, 4.69) is 15.2 Å². The van der Waals surface area contributed by atoms with Gasteiger partial charge in [0.05, 0.1) is 35.4 Å². The summed E-state index contributed by atoms with van der Waals surface area (Å²) in [6, 6.07) is 9.31. The van der Waals surface area contributed by atoms with E-state index in [1.807, 2.05) is 6.07 Å². The number of anilines is 1. The highest BCUT2D eigenvalue weighted by atomic mass is 35.5. The monoisotopic (exact) mass is 648 g/mol. The van der Waals surface area contributed by atoms with Crippen LogP contribution < -0.4 is 14.4 Å². The lowest BCUT2D eigenvalue weighted by Crippen LogP contribution is -2.31. The van der Waals surface area contributed by atoms with Gasteiger partial charge in [0.15, 0.2) is 21.6 Å². The first-order valence-corrected chi connectivity index (χ1v) is 15.4. The number of ether oxygens (including phenoxy) is 2. The second-order valence-electron chi connectivity index (χ2n) is 8.77. The standard InChI is InChI=1S/C27H22Cl2N4O5S3/c1-12-24(40-13(2)30-12)21(34)19-20(16-6-5-7-18(37-3)23(16)38-4)33(25(36)22(19)35)26-31-32-27(41-26)39-11-14-8-9-15(28)10-17(14)29/h5-10,20,35H,11H2,1-4H3. The molecule has 0 saturated carbocycles. The maximum absolute atomic E-state index is 13.9. The lowest BCUT2D eigenvalue weighted by molar-refractivity contribution is -0.117. The van der Waals surface area contributed by atoms with Gasteiger partial charge >= 0.3 is 0 Å². The zero-order valence-electron chi connectivity index (χ0n) is 22.1. The molecule has 4 aromatic rings. The molecule has 3 heterocycles. The number of aliphatic hydroxyl groups is 1. The lowest BCUT2D eigenvalue weighted by Gasteiger charge is -2.26. The number of para-hydroxylation sites is 1. The minimum atomic E-state index is -1.07. The summed E-state index contributed by atoms with van der Waals surface area (Å²) in [6.07, 6.45) is 0. The Hall–Kier alpha value is -3.16. The molecule has 2 aromatic heterocycles. The van der Waals surface area contributed by atoms with Crippen molar-refractivity contribution in [2.75, 3.05) is 19.1 Å². The quantitative estimate of drug-likeness (QED) is 0.116. The molecular weight excluding hydrogens is 627 g/mol. The van der Waals surface area contributed by atoms with Crippen LogP contribution in [-0.2, 0) is 10.5 Å². The van der Waals surface area contributed by atoms with Crippen molar-refractivity contribution in [3.05, 3.63) is 84.5 Å². The first-order valence-electron chi connectivity index (χ1n) is 12.0. The molecule has 41 heavy (non-hydrogen) atoms. The van der Waals surface area contributed by atoms with Crippen molar-refractivity contribution in [3.63, 3.8) is 0 Å². The number of halogens is 2. The smallest absolute Gasteiger partial charge is 0.296 e. The van der Waals surface area contributed by atoms with Crippen LogP contribution in [0.25, 0.3) is 0 Å². The molecule has 0 aliphatic carbocycles. The molecule has 1 unspecified atom stereocenters. The average Bonchev–Trinajstić information content (AvgIpc) is 3.62. The topological polar surface area (TPSA) is 115 Å². The Morgan fingerprint density at radius 1 is 1.12 bits per heavy atom. The number of thioether (sulfide) groups is 1. The number of methoxy groups -OCH3 is 2. The molecule has 0 spiro atoms. The molecule has 1 aliphatic rings. The number of aryl methyl sites for hydroxylation is 2. The molecule has 0 saturated heterocycles. The van der Waals surface area contributed by atoms with Crippen LogP contribution in [0.2, 0.25) is 10.0 Å². The minimum absolute atomic E-state index is 0.106. The van der Waals surface area contributed by atoms with Crippen molar-refractivity contribution >= 4 is 74.5 Å². The van der Waals surface area contributed by atoms with E-state index in [-0.39, 0.29) is 10.7 Å². The molecule has 0 radical (unpaired) electrons. The largest absolute Gasteiger partial charge is 0.503 e. The van der Waals surface area contributed by atoms with Gasteiger partial charge in [0, 0.05) is 21.4 Å². The number of Topliss-reactive ketones (excluding diaryl/α,β-unsaturated/α-hetero) is 1. The molecule has 14 heteroatoms. The van der Waals surface area contributed by atoms with Crippen LogP contribution in [0.5, 0.6) is 11.5 Å². The third-order valence-corrected chi connectivity index (χ3v) is 10.0. The lowest BCUT2D eigenvalue weighted by atomic mass is 9.94. The van der Waals surface area contributed by atoms with Gasteiger partial charge in [-0.15, -0.1) is 21.5 Å². The zero-order valence-corrected chi connectivity index (χ0v) is 26.1. The third kappa shape index (κ3) is 5.54. The van der Waals surface area contributed by atoms with Crippen LogP contribution in [0.3, 0.4) is 0 Å². The molecule has 212 valence electrons. The van der Waals surface area contributed by atoms with Gasteiger partial charge in [-0.05, 0) is 37.6 Å². The number of benzene rings is 2. The summed E-state index contributed by atoms with van der Waals surface area (Å²) >= 11 is 16.0. The normalized spacial score (nSPS) is 15.1. The van der Waals surface area contributed by atoms with Gasteiger partial charge < -0.3 is 14.6 Å². The van der Waals surface area contributed by atoms with Crippen LogP contribution >= 0.6 is 57.6 Å². The number of ketones is 1. The van der Waals surface area contributed by atoms with Gasteiger partial charge in [-0.25, -0.2) is 4.98 Å². The summed E-state index contributed by atoms with van der Waals surface area (Å²) in [4.78, 5) is 33.5. The van der Waals surface area contributed by atoms with Crippen LogP contribution in [0.1, 0.15) is 37.5 Å². The van der Waals surface area contributed by atoms with E-state index in [0.29, 0.717) is 52.8 Å². The van der Waals surface area contributed by atoms with Crippen LogP contribution in [0, 0.1) is 13.8 Å². The second kappa shape index (κ2) is 12.0. The van der Waals surface area contributed by atoms with E-state index in [1.54, 1.807) is 44.2 Å². The molecule has 9 nitrogen and oxygen atoms in total. The molecule has 5 rings (SSSR count). The number of hydrogen-bond acceptors (Lipinski definition) is 11. The Balaban J connectivity index is 1.57. The number of carbonyl (C=O) groups is 2. The Morgan fingerprint density at radius 2 is 1.90 bits per heavy atom. The summed E-state index contributed by atoms with van der Waals surface area (Å²) < 4.78 is 11.7. The number of aliphatic hydroxyl groups excluding tert-OH is 1. The van der Waals surface area contributed by atoms with E-state index in [1.165, 1.54) is 42.2 Å². The van der Waals surface area contributed by atoms with Gasteiger partial charge in [0.1, 0.15) is 6.04 Å². The summed E-state index contributed by atoms with van der Waals surface area (Å²) in [5, 5.41) is 21.6. The first kappa shape index (κ1) is 29.3. The number of hydrogen-bond donors (Lipinski definition) is 1. The van der Waals surface area contributed by atoms with Gasteiger partial charge in [-0.1, -0.05) is 64.5 Å². The van der Waals surface area contributed by atoms with Crippen LogP contribution in [0.15, 0.2) is 52.1 Å². The highest BCUT2D eigenvalue weighted by Crippen LogP contribution is 2.48. The molecule has 1 N–H and O–H groups in total. The predicted molar refractivity (Wildman–Crippen MR) is 161 cm³/mol. The zero-order chi connectivity index (χ0) is 29.4. The molecule has 1 amide bonds. The van der Waals surface area contributed by atoms with Crippen molar-refractivity contribution in [2.45, 2.75) is 30.0 Å². The van der Waals surface area contributed by atoms with Crippen molar-refractivity contribution < 1.29 is 24.2 Å². The highest BCUT2D eigenvalue weighted by Gasteiger charge is 2.48. The molecule has 1 aliphatic heterocycles. The number of aromatic nitrogens is 3. The van der Waals surface area contributed by atoms with Gasteiger partial charge in [-0.2, -0.15) is 0 Å². The van der Waals surface area contributed by atoms with Crippen molar-refractivity contribution in [1.82, 2.24) is 15.2 Å². The fourth-order valence-electron chi connectivity index (χ4n) is 4.46. The predicted octanol–water partition coefficient (Wildman–Crippen LogP) is 7.01. The Kier molecular flexibility index (Phi) is 8.57.